The molecule has 21 heavy (non-hydrogen) atoms. The second-order valence-electron chi connectivity index (χ2n) is 4.27. The summed E-state index contributed by atoms with van der Waals surface area (Å²) in [6.07, 6.45) is 1.52. The quantitative estimate of drug-likeness (QED) is 0.669. The lowest BCUT2D eigenvalue weighted by atomic mass is 10.2. The van der Waals surface area contributed by atoms with Crippen molar-refractivity contribution in [3.8, 4) is 0 Å². The van der Waals surface area contributed by atoms with E-state index < -0.39 is 5.91 Å². The highest BCUT2D eigenvalue weighted by Gasteiger charge is 2.08. The number of hydrazine groups is 1. The monoisotopic (exact) mass is 301 g/mol. The minimum absolute atomic E-state index is 0.230. The first-order valence-corrected chi connectivity index (χ1v) is 7.34. The summed E-state index contributed by atoms with van der Waals surface area (Å²) in [7, 11) is 0. The number of nitrogens with one attached hydrogen (secondary N) is 2. The average Bonchev–Trinajstić information content (AvgIpc) is 2.52. The number of hydrogen-bond acceptors (Lipinski definition) is 4. The molecular formula is C15H15N3O2S. The summed E-state index contributed by atoms with van der Waals surface area (Å²) in [4.78, 5) is 28.3. The van der Waals surface area contributed by atoms with Gasteiger partial charge in [0.2, 0.25) is 5.91 Å². The summed E-state index contributed by atoms with van der Waals surface area (Å²) < 4.78 is 0. The predicted molar refractivity (Wildman–Crippen MR) is 81.7 cm³/mol. The number of hydrogen-bond donors (Lipinski definition) is 2. The minimum Gasteiger partial charge on any atom is -0.272 e. The van der Waals surface area contributed by atoms with E-state index in [1.807, 2.05) is 31.2 Å². The van der Waals surface area contributed by atoms with Gasteiger partial charge in [0.25, 0.3) is 5.91 Å². The third-order valence-electron chi connectivity index (χ3n) is 2.67. The van der Waals surface area contributed by atoms with Gasteiger partial charge in [-0.3, -0.25) is 25.4 Å². The van der Waals surface area contributed by atoms with Crippen LogP contribution in [0.4, 0.5) is 0 Å². The Morgan fingerprint density at radius 2 is 1.86 bits per heavy atom. The summed E-state index contributed by atoms with van der Waals surface area (Å²) in [6.45, 7) is 1.99. The van der Waals surface area contributed by atoms with Gasteiger partial charge in [-0.2, -0.15) is 0 Å². The lowest BCUT2D eigenvalue weighted by molar-refractivity contribution is -0.119. The number of carbonyl (C=O) groups excluding carboxylic acids is 2. The number of pyridine rings is 1. The van der Waals surface area contributed by atoms with E-state index in [4.69, 9.17) is 0 Å². The molecule has 0 radical (unpaired) electrons. The summed E-state index contributed by atoms with van der Waals surface area (Å²) in [5.74, 6) is -0.481. The van der Waals surface area contributed by atoms with Crippen LogP contribution in [0.5, 0.6) is 0 Å². The molecular weight excluding hydrogens is 286 g/mol. The number of carbonyl (C=O) groups is 2. The van der Waals surface area contributed by atoms with Crippen LogP contribution in [0.15, 0.2) is 53.6 Å². The maximum absolute atomic E-state index is 11.7. The normalized spacial score (nSPS) is 9.95. The number of rotatable bonds is 4. The zero-order chi connectivity index (χ0) is 15.1. The molecule has 1 aromatic heterocycles. The summed E-state index contributed by atoms with van der Waals surface area (Å²) in [5, 5.41) is 0. The molecule has 2 N–H and O–H groups in total. The zero-order valence-electron chi connectivity index (χ0n) is 11.5. The second kappa shape index (κ2) is 7.44. The Kier molecular flexibility index (Phi) is 5.34. The van der Waals surface area contributed by atoms with E-state index in [1.165, 1.54) is 18.0 Å². The number of aryl methyl sites for hydroxylation is 1. The van der Waals surface area contributed by atoms with Crippen LogP contribution < -0.4 is 10.9 Å². The molecule has 1 heterocycles. The molecule has 0 saturated heterocycles. The fourth-order valence-electron chi connectivity index (χ4n) is 1.59. The van der Waals surface area contributed by atoms with Crippen LogP contribution >= 0.6 is 11.8 Å². The Bertz CT molecular complexity index is 632. The minimum atomic E-state index is -0.440. The molecule has 0 atom stereocenters. The van der Waals surface area contributed by atoms with Gasteiger partial charge in [0.05, 0.1) is 5.75 Å². The van der Waals surface area contributed by atoms with Crippen LogP contribution in [-0.2, 0) is 4.79 Å². The van der Waals surface area contributed by atoms with Crippen LogP contribution in [0, 0.1) is 6.92 Å². The van der Waals surface area contributed by atoms with Crippen LogP contribution in [-0.4, -0.2) is 22.6 Å². The first-order chi connectivity index (χ1) is 10.2. The van der Waals surface area contributed by atoms with E-state index in [2.05, 4.69) is 15.8 Å². The van der Waals surface area contributed by atoms with Gasteiger partial charge in [0.1, 0.15) is 5.69 Å². The maximum atomic E-state index is 11.7. The van der Waals surface area contributed by atoms with Crippen molar-refractivity contribution >= 4 is 23.6 Å². The highest BCUT2D eigenvalue weighted by molar-refractivity contribution is 8.00. The van der Waals surface area contributed by atoms with Gasteiger partial charge < -0.3 is 0 Å². The highest BCUT2D eigenvalue weighted by atomic mass is 32.2. The van der Waals surface area contributed by atoms with Crippen LogP contribution in [0.25, 0.3) is 0 Å². The molecule has 0 fully saturated rings. The Hall–Kier alpha value is -2.34. The second-order valence-corrected chi connectivity index (χ2v) is 5.29. The van der Waals surface area contributed by atoms with Gasteiger partial charge in [-0.15, -0.1) is 11.8 Å². The van der Waals surface area contributed by atoms with E-state index in [9.17, 15) is 9.59 Å². The third-order valence-corrected chi connectivity index (χ3v) is 3.84. The first kappa shape index (κ1) is 15.1. The van der Waals surface area contributed by atoms with Gasteiger partial charge >= 0.3 is 0 Å². The van der Waals surface area contributed by atoms with Crippen molar-refractivity contribution in [2.75, 3.05) is 5.75 Å². The van der Waals surface area contributed by atoms with Crippen molar-refractivity contribution in [3.63, 3.8) is 0 Å². The summed E-state index contributed by atoms with van der Waals surface area (Å²) in [5.41, 5.74) is 6.08. The van der Waals surface area contributed by atoms with E-state index in [0.717, 1.165) is 10.5 Å². The average molecular weight is 301 g/mol. The van der Waals surface area contributed by atoms with Gasteiger partial charge in [0, 0.05) is 11.1 Å². The van der Waals surface area contributed by atoms with Gasteiger partial charge in [-0.05, 0) is 30.7 Å². The maximum Gasteiger partial charge on any atom is 0.288 e. The van der Waals surface area contributed by atoms with Crippen molar-refractivity contribution in [1.82, 2.24) is 15.8 Å². The molecule has 0 aliphatic carbocycles. The molecule has 2 aromatic rings. The van der Waals surface area contributed by atoms with Crippen molar-refractivity contribution < 1.29 is 9.59 Å². The number of amides is 2. The number of thioether (sulfide) groups is 1. The molecule has 0 aliphatic heterocycles. The summed E-state index contributed by atoms with van der Waals surface area (Å²) in [6, 6.07) is 12.8. The molecule has 6 heteroatoms. The van der Waals surface area contributed by atoms with E-state index in [0.29, 0.717) is 0 Å². The fourth-order valence-corrected chi connectivity index (χ4v) is 2.41. The lowest BCUT2D eigenvalue weighted by Crippen LogP contribution is -2.42. The van der Waals surface area contributed by atoms with E-state index in [-0.39, 0.29) is 17.4 Å². The molecule has 0 bridgehead atoms. The van der Waals surface area contributed by atoms with Crippen LogP contribution in [0.3, 0.4) is 0 Å². The Morgan fingerprint density at radius 3 is 2.57 bits per heavy atom. The Labute approximate surface area is 127 Å². The molecule has 0 aliphatic rings. The largest absolute Gasteiger partial charge is 0.288 e. The molecule has 0 unspecified atom stereocenters. The molecule has 1 aromatic carbocycles. The van der Waals surface area contributed by atoms with Gasteiger partial charge in [-0.1, -0.05) is 24.3 Å². The zero-order valence-corrected chi connectivity index (χ0v) is 12.3. The Morgan fingerprint density at radius 1 is 1.10 bits per heavy atom. The number of aromatic nitrogens is 1. The molecule has 0 saturated carbocycles. The van der Waals surface area contributed by atoms with E-state index >= 15 is 0 Å². The summed E-state index contributed by atoms with van der Waals surface area (Å²) >= 11 is 1.42. The van der Waals surface area contributed by atoms with Crippen molar-refractivity contribution in [3.05, 3.63) is 59.9 Å². The molecule has 2 amide bonds. The number of benzene rings is 1. The molecule has 2 rings (SSSR count). The molecule has 0 spiro atoms. The van der Waals surface area contributed by atoms with Crippen molar-refractivity contribution in [1.29, 1.82) is 0 Å². The molecule has 108 valence electrons. The van der Waals surface area contributed by atoms with Crippen molar-refractivity contribution in [2.24, 2.45) is 0 Å². The highest BCUT2D eigenvalue weighted by Crippen LogP contribution is 2.21. The Balaban J connectivity index is 1.78. The van der Waals surface area contributed by atoms with Gasteiger partial charge in [-0.25, -0.2) is 0 Å². The predicted octanol–water partition coefficient (Wildman–Crippen LogP) is 1.94. The third kappa shape index (κ3) is 4.61. The standard InChI is InChI=1S/C15H15N3O2S/c1-11-6-2-3-8-13(11)21-10-14(19)17-18-15(20)12-7-4-5-9-16-12/h2-9H,10H2,1H3,(H,17,19)(H,18,20). The molecule has 5 nitrogen and oxygen atoms in total. The first-order valence-electron chi connectivity index (χ1n) is 6.35. The topological polar surface area (TPSA) is 71.1 Å². The number of nitrogens with zero attached hydrogens (tertiary/aromatic N) is 1. The van der Waals surface area contributed by atoms with Crippen molar-refractivity contribution in [2.45, 2.75) is 11.8 Å². The van der Waals surface area contributed by atoms with Crippen LogP contribution in [0.2, 0.25) is 0 Å². The van der Waals surface area contributed by atoms with Gasteiger partial charge in [0.15, 0.2) is 0 Å². The smallest absolute Gasteiger partial charge is 0.272 e. The van der Waals surface area contributed by atoms with Crippen LogP contribution in [0.1, 0.15) is 16.1 Å². The lowest BCUT2D eigenvalue weighted by Gasteiger charge is -2.07. The van der Waals surface area contributed by atoms with E-state index in [1.54, 1.807) is 18.2 Å². The fraction of sp³-hybridized carbons (Fsp3) is 0.133. The SMILES string of the molecule is Cc1ccccc1SCC(=O)NNC(=O)c1ccccn1.